The minimum atomic E-state index is -4.67. The van der Waals surface area contributed by atoms with Crippen molar-refractivity contribution in [2.24, 2.45) is 0 Å². The summed E-state index contributed by atoms with van der Waals surface area (Å²) in [6, 6.07) is 0. The van der Waals surface area contributed by atoms with Gasteiger partial charge in [-0.25, -0.2) is 0 Å². The molecular formula is H12N2O10S2. The molecule has 0 aliphatic heterocycles. The first-order chi connectivity index (χ1) is 5.00. The van der Waals surface area contributed by atoms with Crippen molar-refractivity contribution in [3.63, 3.8) is 0 Å². The maximum Gasteiger partial charge on any atom is 0.394 e. The van der Waals surface area contributed by atoms with Crippen molar-refractivity contribution in [2.45, 2.75) is 0 Å². The van der Waals surface area contributed by atoms with Crippen LogP contribution in [0.25, 0.3) is 0 Å². The standard InChI is InChI=1S/2H3N.2H2O4S.H2O2/c;;2*1-5(2,3)4;1-2/h2*1H3;2*(H2,1,2,3,4);1-2H. The average Bonchev–Trinajstić information content (AvgIpc) is 1.59. The quantitative estimate of drug-likeness (QED) is 0.149. The van der Waals surface area contributed by atoms with Crippen molar-refractivity contribution < 1.29 is 45.6 Å². The van der Waals surface area contributed by atoms with E-state index in [1.54, 1.807) is 0 Å². The van der Waals surface area contributed by atoms with Crippen LogP contribution in [0.15, 0.2) is 0 Å². The molecule has 0 rings (SSSR count). The maximum atomic E-state index is 8.74. The lowest BCUT2D eigenvalue weighted by molar-refractivity contribution is -0.176. The van der Waals surface area contributed by atoms with Crippen molar-refractivity contribution in [1.29, 1.82) is 0 Å². The molecule has 0 amide bonds. The lowest BCUT2D eigenvalue weighted by Gasteiger charge is -1.68. The van der Waals surface area contributed by atoms with Crippen LogP contribution in [-0.4, -0.2) is 45.6 Å². The van der Waals surface area contributed by atoms with E-state index in [4.69, 9.17) is 45.6 Å². The molecule has 12 nitrogen and oxygen atoms in total. The fourth-order valence-corrected chi connectivity index (χ4v) is 0. The first kappa shape index (κ1) is 29.2. The molecule has 0 saturated carbocycles. The zero-order valence-corrected chi connectivity index (χ0v) is 8.18. The van der Waals surface area contributed by atoms with E-state index in [1.807, 2.05) is 0 Å². The summed E-state index contributed by atoms with van der Waals surface area (Å²) in [6.07, 6.45) is 0. The second kappa shape index (κ2) is 12.6. The third kappa shape index (κ3) is 7350. The second-order valence-electron chi connectivity index (χ2n) is 0.896. The summed E-state index contributed by atoms with van der Waals surface area (Å²) in [5.74, 6) is 0. The van der Waals surface area contributed by atoms with Gasteiger partial charge in [-0.1, -0.05) is 0 Å². The molecule has 0 heterocycles. The molecule has 14 heavy (non-hydrogen) atoms. The largest absolute Gasteiger partial charge is 0.394 e. The molecule has 0 radical (unpaired) electrons. The summed E-state index contributed by atoms with van der Waals surface area (Å²) in [7, 11) is -9.33. The summed E-state index contributed by atoms with van der Waals surface area (Å²) < 4.78 is 63.2. The molecule has 0 aliphatic rings. The van der Waals surface area contributed by atoms with Crippen molar-refractivity contribution in [1.82, 2.24) is 12.3 Å². The Morgan fingerprint density at radius 1 is 0.571 bits per heavy atom. The predicted octanol–water partition coefficient (Wildman–Crippen LogP) is -0.964. The Bertz CT molecular complexity index is 212. The molecule has 0 aromatic carbocycles. The molecule has 0 atom stereocenters. The van der Waals surface area contributed by atoms with Crippen molar-refractivity contribution in [3.8, 4) is 0 Å². The van der Waals surface area contributed by atoms with Gasteiger partial charge in [-0.3, -0.25) is 28.7 Å². The van der Waals surface area contributed by atoms with E-state index in [9.17, 15) is 0 Å². The molecule has 94 valence electrons. The van der Waals surface area contributed by atoms with Crippen LogP contribution in [0.3, 0.4) is 0 Å². The second-order valence-corrected chi connectivity index (χ2v) is 2.69. The molecule has 0 bridgehead atoms. The Kier molecular flexibility index (Phi) is 26.2. The Morgan fingerprint density at radius 3 is 0.571 bits per heavy atom. The zero-order valence-electron chi connectivity index (χ0n) is 6.55. The highest BCUT2D eigenvalue weighted by Gasteiger charge is 1.85. The molecular weight excluding hydrogens is 252 g/mol. The van der Waals surface area contributed by atoms with Gasteiger partial charge in [0.15, 0.2) is 0 Å². The molecule has 0 aromatic rings. The van der Waals surface area contributed by atoms with Gasteiger partial charge in [-0.05, 0) is 0 Å². The summed E-state index contributed by atoms with van der Waals surface area (Å²) in [6.45, 7) is 0. The third-order valence-corrected chi connectivity index (χ3v) is 0. The van der Waals surface area contributed by atoms with Crippen molar-refractivity contribution in [3.05, 3.63) is 0 Å². The highest BCUT2D eigenvalue weighted by molar-refractivity contribution is 7.80. The van der Waals surface area contributed by atoms with E-state index < -0.39 is 20.8 Å². The molecule has 0 unspecified atom stereocenters. The van der Waals surface area contributed by atoms with Crippen LogP contribution < -0.4 is 12.3 Å². The van der Waals surface area contributed by atoms with Crippen LogP contribution in [0.4, 0.5) is 0 Å². The van der Waals surface area contributed by atoms with Crippen LogP contribution in [0.5, 0.6) is 0 Å². The minimum Gasteiger partial charge on any atom is -0.344 e. The fraction of sp³-hybridized carbons (Fsp3) is 0. The molecule has 0 fully saturated rings. The van der Waals surface area contributed by atoms with Gasteiger partial charge in [0.1, 0.15) is 0 Å². The molecule has 0 saturated heterocycles. The van der Waals surface area contributed by atoms with Crippen LogP contribution in [-0.2, 0) is 20.8 Å². The number of hydrogen-bond acceptors (Lipinski definition) is 8. The molecule has 14 heteroatoms. The Morgan fingerprint density at radius 2 is 0.571 bits per heavy atom. The third-order valence-electron chi connectivity index (χ3n) is 0. The van der Waals surface area contributed by atoms with Gasteiger partial charge in [0.25, 0.3) is 0 Å². The van der Waals surface area contributed by atoms with Gasteiger partial charge in [0.2, 0.25) is 0 Å². The average molecular weight is 264 g/mol. The van der Waals surface area contributed by atoms with Crippen LogP contribution in [0.2, 0.25) is 0 Å². The van der Waals surface area contributed by atoms with E-state index in [1.165, 1.54) is 0 Å². The van der Waals surface area contributed by atoms with Gasteiger partial charge < -0.3 is 12.3 Å². The smallest absolute Gasteiger partial charge is 0.344 e. The summed E-state index contributed by atoms with van der Waals surface area (Å²) in [5.41, 5.74) is 0. The SMILES string of the molecule is N.N.O=S(=O)(O)O.O=S(=O)(O)O.OO. The first-order valence-electron chi connectivity index (χ1n) is 1.60. The highest BCUT2D eigenvalue weighted by Crippen LogP contribution is 1.59. The van der Waals surface area contributed by atoms with Gasteiger partial charge in [-0.2, -0.15) is 16.8 Å². The summed E-state index contributed by atoms with van der Waals surface area (Å²) in [4.78, 5) is 0. The van der Waals surface area contributed by atoms with E-state index in [-0.39, 0.29) is 12.3 Å². The van der Waals surface area contributed by atoms with Gasteiger partial charge >= 0.3 is 20.8 Å². The van der Waals surface area contributed by atoms with E-state index in [0.717, 1.165) is 0 Å². The van der Waals surface area contributed by atoms with Crippen molar-refractivity contribution in [2.75, 3.05) is 0 Å². The Hall–Kier alpha value is -0.420. The van der Waals surface area contributed by atoms with Crippen LogP contribution >= 0.6 is 0 Å². The molecule has 0 spiro atoms. The predicted molar refractivity (Wildman–Crippen MR) is 43.7 cm³/mol. The minimum absolute atomic E-state index is 0. The lowest BCUT2D eigenvalue weighted by Crippen LogP contribution is -1.89. The van der Waals surface area contributed by atoms with Crippen molar-refractivity contribution >= 4 is 20.8 Å². The zero-order chi connectivity index (χ0) is 11.0. The molecule has 12 N–H and O–H groups in total. The summed E-state index contributed by atoms with van der Waals surface area (Å²) >= 11 is 0. The molecule has 0 aliphatic carbocycles. The van der Waals surface area contributed by atoms with E-state index in [2.05, 4.69) is 0 Å². The normalized spacial score (nSPS) is 8.71. The van der Waals surface area contributed by atoms with E-state index >= 15 is 0 Å². The molecule has 0 aromatic heterocycles. The van der Waals surface area contributed by atoms with E-state index in [0.29, 0.717) is 0 Å². The monoisotopic (exact) mass is 264 g/mol. The number of rotatable bonds is 0. The first-order valence-corrected chi connectivity index (χ1v) is 4.39. The Balaban J connectivity index is -0.0000000292. The van der Waals surface area contributed by atoms with Gasteiger partial charge in [-0.15, -0.1) is 0 Å². The number of hydrogen-bond donors (Lipinski definition) is 8. The highest BCUT2D eigenvalue weighted by atomic mass is 32.3. The lowest BCUT2D eigenvalue weighted by atomic mass is 14.0. The maximum absolute atomic E-state index is 8.74. The van der Waals surface area contributed by atoms with Gasteiger partial charge in [0.05, 0.1) is 0 Å². The van der Waals surface area contributed by atoms with Gasteiger partial charge in [0, 0.05) is 0 Å². The fourth-order valence-electron chi connectivity index (χ4n) is 0. The van der Waals surface area contributed by atoms with Crippen LogP contribution in [0, 0.1) is 0 Å². The Labute approximate surface area is 79.4 Å². The van der Waals surface area contributed by atoms with Crippen LogP contribution in [0.1, 0.15) is 0 Å². The summed E-state index contributed by atoms with van der Waals surface area (Å²) in [5, 5.41) is 12.0. The topological polar surface area (TPSA) is 260 Å².